The maximum Gasteiger partial charge on any atom is 0.188 e. The molecule has 31 heavy (non-hydrogen) atoms. The highest BCUT2D eigenvalue weighted by Crippen LogP contribution is 2.24. The van der Waals surface area contributed by atoms with Crippen LogP contribution in [0.25, 0.3) is 11.3 Å². The zero-order valence-electron chi connectivity index (χ0n) is 18.2. The Morgan fingerprint density at radius 3 is 2.35 bits per heavy atom. The molecule has 0 amide bonds. The number of benzene rings is 2. The fourth-order valence-corrected chi connectivity index (χ4v) is 4.53. The van der Waals surface area contributed by atoms with Gasteiger partial charge in [0.15, 0.2) is 5.78 Å². The van der Waals surface area contributed by atoms with Crippen LogP contribution in [-0.4, -0.2) is 52.5 Å². The topological polar surface area (TPSA) is 56.9 Å². The summed E-state index contributed by atoms with van der Waals surface area (Å²) in [6, 6.07) is 21.0. The highest BCUT2D eigenvalue weighted by atomic mass is 16.3. The molecule has 0 unspecified atom stereocenters. The van der Waals surface area contributed by atoms with Gasteiger partial charge in [-0.25, -0.2) is 0 Å². The molecule has 1 fully saturated rings. The van der Waals surface area contributed by atoms with Gasteiger partial charge in [-0.15, -0.1) is 0 Å². The van der Waals surface area contributed by atoms with E-state index in [1.54, 1.807) is 6.26 Å². The summed E-state index contributed by atoms with van der Waals surface area (Å²) in [5.74, 6) is 0.665. The number of Topliss-reactive ketones (excluding diaryl/α,β-unsaturated/α-hetero) is 1. The summed E-state index contributed by atoms with van der Waals surface area (Å²) in [4.78, 5) is 16.7. The molecule has 1 aliphatic heterocycles. The van der Waals surface area contributed by atoms with Crippen LogP contribution in [0.15, 0.2) is 71.3 Å². The molecule has 162 valence electrons. The Kier molecular flexibility index (Phi) is 6.66. The number of nitrogens with zero attached hydrogens (tertiary/aromatic N) is 2. The third kappa shape index (κ3) is 5.13. The predicted molar refractivity (Wildman–Crippen MR) is 122 cm³/mol. The van der Waals surface area contributed by atoms with Gasteiger partial charge in [0, 0.05) is 49.4 Å². The lowest BCUT2D eigenvalue weighted by molar-refractivity contribution is 0.0290. The lowest BCUT2D eigenvalue weighted by atomic mass is 10.0. The summed E-state index contributed by atoms with van der Waals surface area (Å²) in [5.41, 5.74) is 4.16. The molecule has 1 aromatic heterocycles. The van der Waals surface area contributed by atoms with E-state index in [9.17, 15) is 4.79 Å². The Morgan fingerprint density at radius 1 is 0.968 bits per heavy atom. The number of hydrogen-bond donors (Lipinski definition) is 1. The minimum atomic E-state index is -0.444. The fourth-order valence-electron chi connectivity index (χ4n) is 4.53. The maximum absolute atomic E-state index is 11.6. The standard InChI is InChI=1S/C26H30N2O3/c1-19-14-27(16-21-8-10-23(11-9-21)25(30)18-29)15-20(2)28(19)17-22-5-3-6-24(13-22)26-7-4-12-31-26/h3-13,19-20,29H,14-18H2,1-2H3/t19-,20+. The minimum absolute atomic E-state index is 0.237. The van der Waals surface area contributed by atoms with Gasteiger partial charge in [-0.2, -0.15) is 0 Å². The number of piperazine rings is 1. The van der Waals surface area contributed by atoms with Crippen molar-refractivity contribution in [2.45, 2.75) is 39.0 Å². The van der Waals surface area contributed by atoms with Crippen LogP contribution in [0.5, 0.6) is 0 Å². The first-order chi connectivity index (χ1) is 15.0. The van der Waals surface area contributed by atoms with E-state index in [-0.39, 0.29) is 5.78 Å². The summed E-state index contributed by atoms with van der Waals surface area (Å²) >= 11 is 0. The number of carbonyl (C=O) groups excluding carboxylic acids is 1. The van der Waals surface area contributed by atoms with E-state index in [0.29, 0.717) is 17.6 Å². The summed E-state index contributed by atoms with van der Waals surface area (Å²) in [7, 11) is 0. The molecule has 4 rings (SSSR count). The van der Waals surface area contributed by atoms with Crippen LogP contribution in [0.3, 0.4) is 0 Å². The number of rotatable bonds is 7. The van der Waals surface area contributed by atoms with E-state index in [4.69, 9.17) is 9.52 Å². The Hall–Kier alpha value is -2.73. The molecule has 5 heteroatoms. The van der Waals surface area contributed by atoms with Gasteiger partial charge in [-0.05, 0) is 43.2 Å². The number of furan rings is 1. The van der Waals surface area contributed by atoms with Crippen LogP contribution >= 0.6 is 0 Å². The van der Waals surface area contributed by atoms with Crippen molar-refractivity contribution in [1.29, 1.82) is 0 Å². The van der Waals surface area contributed by atoms with Crippen LogP contribution in [0.4, 0.5) is 0 Å². The molecule has 2 heterocycles. The van der Waals surface area contributed by atoms with E-state index < -0.39 is 6.61 Å². The molecule has 5 nitrogen and oxygen atoms in total. The highest BCUT2D eigenvalue weighted by molar-refractivity contribution is 5.96. The zero-order chi connectivity index (χ0) is 21.8. The maximum atomic E-state index is 11.6. The van der Waals surface area contributed by atoms with E-state index in [1.807, 2.05) is 36.4 Å². The lowest BCUT2D eigenvalue weighted by Gasteiger charge is -2.44. The van der Waals surface area contributed by atoms with Crippen molar-refractivity contribution < 1.29 is 14.3 Å². The van der Waals surface area contributed by atoms with Crippen LogP contribution < -0.4 is 0 Å². The van der Waals surface area contributed by atoms with E-state index in [1.165, 1.54) is 11.1 Å². The quantitative estimate of drug-likeness (QED) is 0.583. The van der Waals surface area contributed by atoms with Crippen molar-refractivity contribution in [2.24, 2.45) is 0 Å². The normalized spacial score (nSPS) is 20.1. The van der Waals surface area contributed by atoms with Gasteiger partial charge in [0.1, 0.15) is 12.4 Å². The van der Waals surface area contributed by atoms with Crippen molar-refractivity contribution in [3.05, 3.63) is 83.6 Å². The fraction of sp³-hybridized carbons (Fsp3) is 0.346. The molecule has 0 radical (unpaired) electrons. The summed E-state index contributed by atoms with van der Waals surface area (Å²) in [6.45, 7) is 7.93. The van der Waals surface area contributed by atoms with Crippen LogP contribution in [0.2, 0.25) is 0 Å². The molecule has 0 saturated carbocycles. The van der Waals surface area contributed by atoms with Crippen LogP contribution in [-0.2, 0) is 13.1 Å². The SMILES string of the molecule is C[C@@H]1CN(Cc2ccc(C(=O)CO)cc2)C[C@H](C)N1Cc1cccc(-c2ccco2)c1. The number of aliphatic hydroxyl groups is 1. The van der Waals surface area contributed by atoms with Gasteiger partial charge in [0.2, 0.25) is 0 Å². The molecule has 0 spiro atoms. The molecular weight excluding hydrogens is 388 g/mol. The van der Waals surface area contributed by atoms with Gasteiger partial charge in [0.25, 0.3) is 0 Å². The first-order valence-corrected chi connectivity index (χ1v) is 10.9. The Labute approximate surface area is 183 Å². The van der Waals surface area contributed by atoms with Crippen molar-refractivity contribution in [3.63, 3.8) is 0 Å². The first kappa shape index (κ1) is 21.5. The first-order valence-electron chi connectivity index (χ1n) is 10.9. The van der Waals surface area contributed by atoms with Gasteiger partial charge in [0.05, 0.1) is 6.26 Å². The predicted octanol–water partition coefficient (Wildman–Crippen LogP) is 4.22. The van der Waals surface area contributed by atoms with Gasteiger partial charge in [-0.1, -0.05) is 42.5 Å². The summed E-state index contributed by atoms with van der Waals surface area (Å²) in [5, 5.41) is 9.00. The molecule has 1 N–H and O–H groups in total. The molecule has 0 aliphatic carbocycles. The number of aliphatic hydroxyl groups excluding tert-OH is 1. The van der Waals surface area contributed by atoms with E-state index in [2.05, 4.69) is 47.9 Å². The van der Waals surface area contributed by atoms with Crippen molar-refractivity contribution in [2.75, 3.05) is 19.7 Å². The molecule has 1 saturated heterocycles. The minimum Gasteiger partial charge on any atom is -0.464 e. The Balaban J connectivity index is 1.38. The summed E-state index contributed by atoms with van der Waals surface area (Å²) in [6.07, 6.45) is 1.71. The van der Waals surface area contributed by atoms with Crippen LogP contribution in [0.1, 0.15) is 35.3 Å². The van der Waals surface area contributed by atoms with Gasteiger partial charge in [-0.3, -0.25) is 14.6 Å². The molecule has 2 aromatic carbocycles. The van der Waals surface area contributed by atoms with Crippen molar-refractivity contribution in [1.82, 2.24) is 9.80 Å². The van der Waals surface area contributed by atoms with Crippen LogP contribution in [0, 0.1) is 0 Å². The largest absolute Gasteiger partial charge is 0.464 e. The monoisotopic (exact) mass is 418 g/mol. The molecule has 0 bridgehead atoms. The number of hydrogen-bond acceptors (Lipinski definition) is 5. The highest BCUT2D eigenvalue weighted by Gasteiger charge is 2.29. The second kappa shape index (κ2) is 9.60. The van der Waals surface area contributed by atoms with Gasteiger partial charge < -0.3 is 9.52 Å². The second-order valence-electron chi connectivity index (χ2n) is 8.52. The molecule has 2 atom stereocenters. The average molecular weight is 419 g/mol. The molecular formula is C26H30N2O3. The van der Waals surface area contributed by atoms with E-state index in [0.717, 1.165) is 37.5 Å². The van der Waals surface area contributed by atoms with Crippen molar-refractivity contribution >= 4 is 5.78 Å². The summed E-state index contributed by atoms with van der Waals surface area (Å²) < 4.78 is 5.55. The van der Waals surface area contributed by atoms with Gasteiger partial charge >= 0.3 is 0 Å². The number of ketones is 1. The smallest absolute Gasteiger partial charge is 0.188 e. The lowest BCUT2D eigenvalue weighted by Crippen LogP contribution is -2.55. The zero-order valence-corrected chi connectivity index (χ0v) is 18.2. The number of carbonyl (C=O) groups is 1. The molecule has 3 aromatic rings. The van der Waals surface area contributed by atoms with E-state index >= 15 is 0 Å². The van der Waals surface area contributed by atoms with Crippen molar-refractivity contribution in [3.8, 4) is 11.3 Å². The molecule has 1 aliphatic rings. The third-order valence-electron chi connectivity index (χ3n) is 6.10. The Bertz CT molecular complexity index is 986. The average Bonchev–Trinajstić information content (AvgIpc) is 3.32. The second-order valence-corrected chi connectivity index (χ2v) is 8.52. The third-order valence-corrected chi connectivity index (χ3v) is 6.10. The Morgan fingerprint density at radius 2 is 1.71 bits per heavy atom.